The number of sulfonamides is 1. The predicted molar refractivity (Wildman–Crippen MR) is 80.5 cm³/mol. The van der Waals surface area contributed by atoms with Crippen molar-refractivity contribution in [3.63, 3.8) is 0 Å². The fourth-order valence-electron chi connectivity index (χ4n) is 1.76. The zero-order chi connectivity index (χ0) is 16.9. The highest BCUT2D eigenvalue weighted by atomic mass is 32.2. The van der Waals surface area contributed by atoms with Crippen LogP contribution in [0.2, 0.25) is 0 Å². The van der Waals surface area contributed by atoms with Crippen molar-refractivity contribution >= 4 is 16.0 Å². The van der Waals surface area contributed by atoms with Crippen LogP contribution in [0.15, 0.2) is 53.4 Å². The average molecular weight is 339 g/mol. The van der Waals surface area contributed by atoms with Gasteiger partial charge in [-0.2, -0.15) is 0 Å². The molecular formula is C15H14FNO5S. The van der Waals surface area contributed by atoms with Crippen LogP contribution in [0.3, 0.4) is 0 Å². The Hall–Kier alpha value is -2.45. The van der Waals surface area contributed by atoms with Crippen molar-refractivity contribution in [2.75, 3.05) is 13.2 Å². The van der Waals surface area contributed by atoms with Gasteiger partial charge < -0.3 is 9.84 Å². The molecule has 0 saturated carbocycles. The third-order valence-electron chi connectivity index (χ3n) is 2.87. The van der Waals surface area contributed by atoms with Crippen molar-refractivity contribution in [1.82, 2.24) is 4.72 Å². The summed E-state index contributed by atoms with van der Waals surface area (Å²) >= 11 is 0. The molecule has 8 heteroatoms. The summed E-state index contributed by atoms with van der Waals surface area (Å²) in [6.07, 6.45) is 0. The Kier molecular flexibility index (Phi) is 5.30. The van der Waals surface area contributed by atoms with Crippen LogP contribution in [-0.4, -0.2) is 32.6 Å². The fourth-order valence-corrected chi connectivity index (χ4v) is 2.77. The van der Waals surface area contributed by atoms with Crippen LogP contribution >= 0.6 is 0 Å². The quantitative estimate of drug-likeness (QED) is 0.752. The van der Waals surface area contributed by atoms with Gasteiger partial charge in [0.2, 0.25) is 10.0 Å². The van der Waals surface area contributed by atoms with Crippen LogP contribution in [0.1, 0.15) is 10.4 Å². The maximum Gasteiger partial charge on any atom is 0.335 e. The molecule has 0 spiro atoms. The van der Waals surface area contributed by atoms with Crippen LogP contribution in [0, 0.1) is 5.82 Å². The number of aromatic carboxylic acids is 1. The van der Waals surface area contributed by atoms with Gasteiger partial charge in [-0.15, -0.1) is 0 Å². The number of hydrogen-bond donors (Lipinski definition) is 2. The van der Waals surface area contributed by atoms with Gasteiger partial charge in [-0.25, -0.2) is 22.3 Å². The third-order valence-corrected chi connectivity index (χ3v) is 4.35. The minimum absolute atomic E-state index is 0.00149. The Morgan fingerprint density at radius 3 is 2.48 bits per heavy atom. The van der Waals surface area contributed by atoms with E-state index in [1.807, 2.05) is 0 Å². The zero-order valence-electron chi connectivity index (χ0n) is 11.9. The highest BCUT2D eigenvalue weighted by molar-refractivity contribution is 7.89. The lowest BCUT2D eigenvalue weighted by molar-refractivity contribution is 0.0696. The van der Waals surface area contributed by atoms with E-state index >= 15 is 0 Å². The predicted octanol–water partition coefficient (Wildman–Crippen LogP) is 1.88. The molecule has 0 radical (unpaired) electrons. The lowest BCUT2D eigenvalue weighted by Gasteiger charge is -2.09. The Balaban J connectivity index is 1.90. The third kappa shape index (κ3) is 4.76. The van der Waals surface area contributed by atoms with Gasteiger partial charge in [0.25, 0.3) is 0 Å². The molecule has 122 valence electrons. The average Bonchev–Trinajstić information content (AvgIpc) is 2.52. The number of carboxylic acid groups (broad SMARTS) is 1. The normalized spacial score (nSPS) is 11.2. The number of ether oxygens (including phenoxy) is 1. The van der Waals surface area contributed by atoms with Gasteiger partial charge in [0.1, 0.15) is 18.2 Å². The molecule has 2 rings (SSSR count). The molecule has 2 aromatic rings. The van der Waals surface area contributed by atoms with Crippen molar-refractivity contribution in [2.24, 2.45) is 0 Å². The second kappa shape index (κ2) is 7.21. The van der Waals surface area contributed by atoms with Crippen molar-refractivity contribution < 1.29 is 27.4 Å². The van der Waals surface area contributed by atoms with E-state index in [0.29, 0.717) is 5.75 Å². The largest absolute Gasteiger partial charge is 0.492 e. The summed E-state index contributed by atoms with van der Waals surface area (Å²) in [5.74, 6) is -1.28. The number of nitrogens with one attached hydrogen (secondary N) is 1. The van der Waals surface area contributed by atoms with Crippen LogP contribution in [0.25, 0.3) is 0 Å². The standard InChI is InChI=1S/C15H14FNO5S/c16-12-2-1-3-13(10-12)22-9-8-17-23(20,21)14-6-4-11(5-7-14)15(18)19/h1-7,10,17H,8-9H2,(H,18,19). The van der Waals surface area contributed by atoms with E-state index in [-0.39, 0.29) is 23.6 Å². The monoisotopic (exact) mass is 339 g/mol. The molecule has 6 nitrogen and oxygen atoms in total. The number of carboxylic acids is 1. The van der Waals surface area contributed by atoms with E-state index in [1.54, 1.807) is 6.07 Å². The first-order valence-electron chi connectivity index (χ1n) is 6.60. The SMILES string of the molecule is O=C(O)c1ccc(S(=O)(=O)NCCOc2cccc(F)c2)cc1. The molecule has 2 N–H and O–H groups in total. The Labute approximate surface area is 132 Å². The minimum Gasteiger partial charge on any atom is -0.492 e. The van der Waals surface area contributed by atoms with E-state index < -0.39 is 21.8 Å². The second-order valence-electron chi connectivity index (χ2n) is 4.53. The molecule has 2 aromatic carbocycles. The molecule has 0 heterocycles. The molecule has 0 amide bonds. The van der Waals surface area contributed by atoms with E-state index in [0.717, 1.165) is 0 Å². The lowest BCUT2D eigenvalue weighted by Crippen LogP contribution is -2.28. The summed E-state index contributed by atoms with van der Waals surface area (Å²) < 4.78 is 44.5. The van der Waals surface area contributed by atoms with Gasteiger partial charge >= 0.3 is 5.97 Å². The van der Waals surface area contributed by atoms with Gasteiger partial charge in [-0.1, -0.05) is 6.07 Å². The highest BCUT2D eigenvalue weighted by Crippen LogP contribution is 2.12. The number of benzene rings is 2. The molecule has 0 unspecified atom stereocenters. The Morgan fingerprint density at radius 1 is 1.17 bits per heavy atom. The Bertz CT molecular complexity index is 790. The van der Waals surface area contributed by atoms with Crippen molar-refractivity contribution in [1.29, 1.82) is 0 Å². The topological polar surface area (TPSA) is 92.7 Å². The molecule has 0 fully saturated rings. The summed E-state index contributed by atoms with van der Waals surface area (Å²) in [4.78, 5) is 10.7. The molecule has 0 saturated heterocycles. The molecule has 0 aliphatic heterocycles. The molecule has 0 atom stereocenters. The first-order chi connectivity index (χ1) is 10.9. The molecule has 23 heavy (non-hydrogen) atoms. The number of halogens is 1. The van der Waals surface area contributed by atoms with Crippen molar-refractivity contribution in [3.8, 4) is 5.75 Å². The van der Waals surface area contributed by atoms with Gasteiger partial charge in [0.05, 0.1) is 10.5 Å². The summed E-state index contributed by atoms with van der Waals surface area (Å²) in [5, 5.41) is 8.77. The fraction of sp³-hybridized carbons (Fsp3) is 0.133. The van der Waals surface area contributed by atoms with E-state index in [2.05, 4.69) is 4.72 Å². The van der Waals surface area contributed by atoms with Crippen LogP contribution < -0.4 is 9.46 Å². The maximum atomic E-state index is 12.9. The summed E-state index contributed by atoms with van der Waals surface area (Å²) in [6, 6.07) is 10.3. The van der Waals surface area contributed by atoms with E-state index in [9.17, 15) is 17.6 Å². The first kappa shape index (κ1) is 16.9. The molecule has 0 aliphatic rings. The molecular weight excluding hydrogens is 325 g/mol. The van der Waals surface area contributed by atoms with Gasteiger partial charge in [0.15, 0.2) is 0 Å². The van der Waals surface area contributed by atoms with E-state index in [1.165, 1.54) is 42.5 Å². The van der Waals surface area contributed by atoms with Gasteiger partial charge in [-0.05, 0) is 36.4 Å². The van der Waals surface area contributed by atoms with Crippen molar-refractivity contribution in [2.45, 2.75) is 4.90 Å². The number of rotatable bonds is 7. The summed E-state index contributed by atoms with van der Waals surface area (Å²) in [5.41, 5.74) is -0.00149. The lowest BCUT2D eigenvalue weighted by atomic mass is 10.2. The number of hydrogen-bond acceptors (Lipinski definition) is 4. The van der Waals surface area contributed by atoms with Crippen LogP contribution in [-0.2, 0) is 10.0 Å². The Morgan fingerprint density at radius 2 is 1.87 bits per heavy atom. The van der Waals surface area contributed by atoms with Crippen LogP contribution in [0.5, 0.6) is 5.75 Å². The van der Waals surface area contributed by atoms with Gasteiger partial charge in [0, 0.05) is 12.6 Å². The molecule has 0 bridgehead atoms. The van der Waals surface area contributed by atoms with Crippen LogP contribution in [0.4, 0.5) is 4.39 Å². The zero-order valence-corrected chi connectivity index (χ0v) is 12.7. The second-order valence-corrected chi connectivity index (χ2v) is 6.30. The summed E-state index contributed by atoms with van der Waals surface area (Å²) in [6.45, 7) is 0.00935. The van der Waals surface area contributed by atoms with E-state index in [4.69, 9.17) is 9.84 Å². The summed E-state index contributed by atoms with van der Waals surface area (Å²) in [7, 11) is -3.76. The molecule has 0 aromatic heterocycles. The smallest absolute Gasteiger partial charge is 0.335 e. The maximum absolute atomic E-state index is 12.9. The van der Waals surface area contributed by atoms with Crippen molar-refractivity contribution in [3.05, 3.63) is 59.9 Å². The number of carbonyl (C=O) groups is 1. The molecule has 0 aliphatic carbocycles. The first-order valence-corrected chi connectivity index (χ1v) is 8.08. The minimum atomic E-state index is -3.76. The van der Waals surface area contributed by atoms with Gasteiger partial charge in [-0.3, -0.25) is 0 Å². The highest BCUT2D eigenvalue weighted by Gasteiger charge is 2.14.